The Morgan fingerprint density at radius 3 is 2.45 bits per heavy atom. The molecule has 0 bridgehead atoms. The average molecular weight is 271 g/mol. The zero-order valence-electron chi connectivity index (χ0n) is 12.5. The molecule has 0 aliphatic carbocycles. The Hall–Kier alpha value is -1.94. The number of hydrogen-bond acceptors (Lipinski definition) is 4. The molecule has 20 heavy (non-hydrogen) atoms. The van der Waals surface area contributed by atoms with Crippen LogP contribution in [0.25, 0.3) is 0 Å². The van der Waals surface area contributed by atoms with Crippen LogP contribution in [0.5, 0.6) is 11.6 Å². The predicted molar refractivity (Wildman–Crippen MR) is 80.1 cm³/mol. The number of aryl methyl sites for hydroxylation is 2. The molecule has 0 spiro atoms. The molecule has 0 radical (unpaired) electrons. The fraction of sp³-hybridized carbons (Fsp3) is 0.375. The van der Waals surface area contributed by atoms with Crippen LogP contribution in [-0.2, 0) is 6.54 Å². The number of hydrogen-bond donors (Lipinski definition) is 1. The van der Waals surface area contributed by atoms with Crippen LogP contribution in [0.1, 0.15) is 29.3 Å². The van der Waals surface area contributed by atoms with E-state index in [1.54, 1.807) is 12.4 Å². The first-order valence-corrected chi connectivity index (χ1v) is 6.88. The van der Waals surface area contributed by atoms with Crippen LogP contribution in [0.4, 0.5) is 0 Å². The second-order valence-corrected chi connectivity index (χ2v) is 4.88. The molecule has 4 nitrogen and oxygen atoms in total. The molecular formula is C16H21N3O. The van der Waals surface area contributed by atoms with Crippen molar-refractivity contribution < 1.29 is 4.74 Å². The van der Waals surface area contributed by atoms with Gasteiger partial charge in [-0.1, -0.05) is 19.1 Å². The van der Waals surface area contributed by atoms with Crippen LogP contribution >= 0.6 is 0 Å². The Kier molecular flexibility index (Phi) is 4.69. The van der Waals surface area contributed by atoms with Crippen LogP contribution in [0.2, 0.25) is 0 Å². The number of rotatable bonds is 5. The minimum absolute atomic E-state index is 0.530. The minimum atomic E-state index is 0.530. The molecule has 2 aromatic rings. The zero-order valence-corrected chi connectivity index (χ0v) is 12.5. The van der Waals surface area contributed by atoms with E-state index < -0.39 is 0 Å². The first kappa shape index (κ1) is 14.5. The van der Waals surface area contributed by atoms with E-state index in [1.807, 2.05) is 6.92 Å². The minimum Gasteiger partial charge on any atom is -0.437 e. The van der Waals surface area contributed by atoms with E-state index in [-0.39, 0.29) is 0 Å². The lowest BCUT2D eigenvalue weighted by atomic mass is 10.1. The Bertz CT molecular complexity index is 579. The third kappa shape index (κ3) is 3.33. The van der Waals surface area contributed by atoms with Gasteiger partial charge in [0.2, 0.25) is 5.88 Å². The van der Waals surface area contributed by atoms with Gasteiger partial charge >= 0.3 is 0 Å². The number of aromatic nitrogens is 2. The van der Waals surface area contributed by atoms with E-state index in [0.29, 0.717) is 5.88 Å². The summed E-state index contributed by atoms with van der Waals surface area (Å²) >= 11 is 0. The van der Waals surface area contributed by atoms with Crippen molar-refractivity contribution in [3.63, 3.8) is 0 Å². The van der Waals surface area contributed by atoms with Crippen molar-refractivity contribution in [2.24, 2.45) is 0 Å². The van der Waals surface area contributed by atoms with Gasteiger partial charge < -0.3 is 10.1 Å². The molecule has 1 aromatic carbocycles. The highest BCUT2D eigenvalue weighted by Crippen LogP contribution is 2.29. The van der Waals surface area contributed by atoms with E-state index in [1.165, 1.54) is 5.56 Å². The van der Waals surface area contributed by atoms with Gasteiger partial charge in [-0.25, -0.2) is 4.98 Å². The van der Waals surface area contributed by atoms with Crippen LogP contribution in [-0.4, -0.2) is 16.5 Å². The first-order valence-electron chi connectivity index (χ1n) is 6.88. The molecule has 0 amide bonds. The summed E-state index contributed by atoms with van der Waals surface area (Å²) in [6.07, 6.45) is 3.42. The maximum absolute atomic E-state index is 5.89. The summed E-state index contributed by atoms with van der Waals surface area (Å²) in [5.41, 5.74) is 4.37. The summed E-state index contributed by atoms with van der Waals surface area (Å²) in [6.45, 7) is 9.88. The van der Waals surface area contributed by atoms with Crippen molar-refractivity contribution in [2.45, 2.75) is 34.2 Å². The fourth-order valence-corrected chi connectivity index (χ4v) is 1.93. The fourth-order valence-electron chi connectivity index (χ4n) is 1.93. The lowest BCUT2D eigenvalue weighted by molar-refractivity contribution is 0.451. The van der Waals surface area contributed by atoms with E-state index in [4.69, 9.17) is 4.74 Å². The van der Waals surface area contributed by atoms with Gasteiger partial charge in [0, 0.05) is 6.54 Å². The van der Waals surface area contributed by atoms with Crippen molar-refractivity contribution in [1.82, 2.24) is 15.3 Å². The maximum atomic E-state index is 5.89. The third-order valence-corrected chi connectivity index (χ3v) is 3.32. The predicted octanol–water partition coefficient (Wildman–Crippen LogP) is 3.30. The molecule has 1 heterocycles. The van der Waals surface area contributed by atoms with Gasteiger partial charge in [-0.05, 0) is 44.0 Å². The van der Waals surface area contributed by atoms with E-state index in [2.05, 4.69) is 48.2 Å². The Labute approximate surface area is 120 Å². The Morgan fingerprint density at radius 1 is 1.05 bits per heavy atom. The van der Waals surface area contributed by atoms with Gasteiger partial charge in [-0.2, -0.15) is 0 Å². The molecule has 4 heteroatoms. The summed E-state index contributed by atoms with van der Waals surface area (Å²) in [6, 6.07) is 4.16. The SMILES string of the molecule is CCNCc1cnc(Oc2c(C)ccc(C)c2C)cn1. The highest BCUT2D eigenvalue weighted by Gasteiger charge is 2.08. The van der Waals surface area contributed by atoms with Crippen molar-refractivity contribution in [3.05, 3.63) is 46.9 Å². The van der Waals surface area contributed by atoms with E-state index in [0.717, 1.165) is 35.7 Å². The molecule has 2 rings (SSSR count). The summed E-state index contributed by atoms with van der Waals surface area (Å²) in [5.74, 6) is 1.40. The van der Waals surface area contributed by atoms with Crippen LogP contribution in [0, 0.1) is 20.8 Å². The highest BCUT2D eigenvalue weighted by atomic mass is 16.5. The largest absolute Gasteiger partial charge is 0.437 e. The number of ether oxygens (including phenoxy) is 1. The molecule has 0 saturated carbocycles. The molecule has 0 atom stereocenters. The van der Waals surface area contributed by atoms with Crippen LogP contribution in [0.3, 0.4) is 0 Å². The molecule has 0 unspecified atom stereocenters. The van der Waals surface area contributed by atoms with Gasteiger partial charge in [0.05, 0.1) is 18.1 Å². The highest BCUT2D eigenvalue weighted by molar-refractivity contribution is 5.46. The summed E-state index contributed by atoms with van der Waals surface area (Å²) in [5, 5.41) is 3.22. The van der Waals surface area contributed by atoms with E-state index >= 15 is 0 Å². The summed E-state index contributed by atoms with van der Waals surface area (Å²) in [7, 11) is 0. The molecule has 0 aliphatic rings. The smallest absolute Gasteiger partial charge is 0.237 e. The van der Waals surface area contributed by atoms with Crippen molar-refractivity contribution in [3.8, 4) is 11.6 Å². The molecule has 1 aromatic heterocycles. The normalized spacial score (nSPS) is 10.6. The Morgan fingerprint density at radius 2 is 1.80 bits per heavy atom. The lowest BCUT2D eigenvalue weighted by Gasteiger charge is -2.12. The monoisotopic (exact) mass is 271 g/mol. The molecule has 0 aliphatic heterocycles. The van der Waals surface area contributed by atoms with Crippen LogP contribution < -0.4 is 10.1 Å². The van der Waals surface area contributed by atoms with Gasteiger partial charge in [-0.15, -0.1) is 0 Å². The van der Waals surface area contributed by atoms with Gasteiger partial charge in [0.25, 0.3) is 0 Å². The van der Waals surface area contributed by atoms with Gasteiger partial charge in [-0.3, -0.25) is 4.98 Å². The standard InChI is InChI=1S/C16H21N3O/c1-5-17-8-14-9-19-15(10-18-14)20-16-12(3)7-6-11(2)13(16)4/h6-7,9-10,17H,5,8H2,1-4H3. The summed E-state index contributed by atoms with van der Waals surface area (Å²) < 4.78 is 5.89. The average Bonchev–Trinajstić information content (AvgIpc) is 2.47. The molecule has 106 valence electrons. The molecule has 1 N–H and O–H groups in total. The maximum Gasteiger partial charge on any atom is 0.237 e. The summed E-state index contributed by atoms with van der Waals surface area (Å²) in [4.78, 5) is 8.66. The third-order valence-electron chi connectivity index (χ3n) is 3.32. The van der Waals surface area contributed by atoms with Crippen molar-refractivity contribution >= 4 is 0 Å². The number of nitrogens with one attached hydrogen (secondary N) is 1. The van der Waals surface area contributed by atoms with E-state index in [9.17, 15) is 0 Å². The molecular weight excluding hydrogens is 250 g/mol. The van der Waals surface area contributed by atoms with Crippen LogP contribution in [0.15, 0.2) is 24.5 Å². The van der Waals surface area contributed by atoms with Gasteiger partial charge in [0.15, 0.2) is 0 Å². The zero-order chi connectivity index (χ0) is 14.5. The second kappa shape index (κ2) is 6.48. The second-order valence-electron chi connectivity index (χ2n) is 4.88. The van der Waals surface area contributed by atoms with Crippen molar-refractivity contribution in [2.75, 3.05) is 6.54 Å². The van der Waals surface area contributed by atoms with Gasteiger partial charge in [0.1, 0.15) is 5.75 Å². The van der Waals surface area contributed by atoms with Crippen molar-refractivity contribution in [1.29, 1.82) is 0 Å². The molecule has 0 fully saturated rings. The Balaban J connectivity index is 2.16. The molecule has 0 saturated heterocycles. The number of benzene rings is 1. The lowest BCUT2D eigenvalue weighted by Crippen LogP contribution is -2.13. The number of nitrogens with zero attached hydrogens (tertiary/aromatic N) is 2. The topological polar surface area (TPSA) is 47.0 Å². The quantitative estimate of drug-likeness (QED) is 0.906. The first-order chi connectivity index (χ1) is 9.61.